The van der Waals surface area contributed by atoms with Crippen LogP contribution in [0.1, 0.15) is 5.56 Å². The number of carbonyl (C=O) groups excluding carboxylic acids is 2. The molecule has 1 heterocycles. The highest BCUT2D eigenvalue weighted by Crippen LogP contribution is 2.16. The molecule has 2 N–H and O–H groups in total. The van der Waals surface area contributed by atoms with Gasteiger partial charge in [0.25, 0.3) is 5.91 Å². The Morgan fingerprint density at radius 2 is 2.00 bits per heavy atom. The van der Waals surface area contributed by atoms with Crippen molar-refractivity contribution in [3.05, 3.63) is 35.4 Å². The largest absolute Gasteiger partial charge is 0.492 e. The third-order valence-electron chi connectivity index (χ3n) is 2.26. The Bertz CT molecular complexity index is 475. The van der Waals surface area contributed by atoms with Crippen molar-refractivity contribution < 1.29 is 19.2 Å². The van der Waals surface area contributed by atoms with Crippen LogP contribution in [-0.4, -0.2) is 25.0 Å². The molecule has 1 fully saturated rings. The molecule has 93 valence electrons. The summed E-state index contributed by atoms with van der Waals surface area (Å²) in [6.45, 7) is 0.521. The minimum Gasteiger partial charge on any atom is -0.492 e. The number of benzene rings is 1. The van der Waals surface area contributed by atoms with Gasteiger partial charge in [-0.05, 0) is 23.8 Å². The maximum absolute atomic E-state index is 11.2. The molecule has 0 aliphatic carbocycles. The van der Waals surface area contributed by atoms with Crippen LogP contribution in [-0.2, 0) is 14.4 Å². The number of carbonyl (C=O) groups is 2. The van der Waals surface area contributed by atoms with E-state index in [2.05, 4.69) is 4.84 Å². The first kappa shape index (κ1) is 12.1. The topological polar surface area (TPSA) is 88.4 Å². The Morgan fingerprint density at radius 3 is 2.56 bits per heavy atom. The molecule has 0 saturated carbocycles. The van der Waals surface area contributed by atoms with E-state index < -0.39 is 11.9 Å². The first-order valence-electron chi connectivity index (χ1n) is 5.31. The van der Waals surface area contributed by atoms with Gasteiger partial charge in [-0.15, -0.1) is 0 Å². The van der Waals surface area contributed by atoms with Gasteiger partial charge in [-0.25, -0.2) is 4.79 Å². The first-order valence-corrected chi connectivity index (χ1v) is 5.31. The van der Waals surface area contributed by atoms with Crippen molar-refractivity contribution in [3.63, 3.8) is 0 Å². The van der Waals surface area contributed by atoms with Crippen LogP contribution in [0.25, 0.3) is 6.08 Å². The van der Waals surface area contributed by atoms with Gasteiger partial charge < -0.3 is 9.57 Å². The molecule has 0 spiro atoms. The van der Waals surface area contributed by atoms with Crippen molar-refractivity contribution in [2.45, 2.75) is 0 Å². The first-order chi connectivity index (χ1) is 8.70. The summed E-state index contributed by atoms with van der Waals surface area (Å²) in [6, 6.07) is 6.84. The minimum absolute atomic E-state index is 0.0326. The molecule has 1 radical (unpaired) electrons. The van der Waals surface area contributed by atoms with E-state index in [1.54, 1.807) is 24.3 Å². The van der Waals surface area contributed by atoms with E-state index in [0.717, 1.165) is 0 Å². The molecule has 0 bridgehead atoms. The van der Waals surface area contributed by atoms with Gasteiger partial charge in [0, 0.05) is 6.54 Å². The van der Waals surface area contributed by atoms with E-state index in [4.69, 9.17) is 10.5 Å². The monoisotopic (exact) mass is 247 g/mol. The Morgan fingerprint density at radius 1 is 1.28 bits per heavy atom. The summed E-state index contributed by atoms with van der Waals surface area (Å²) in [5, 5.41) is 0. The molecule has 1 aliphatic heterocycles. The van der Waals surface area contributed by atoms with Crippen LogP contribution in [0.15, 0.2) is 29.8 Å². The Balaban J connectivity index is 2.12. The highest BCUT2D eigenvalue weighted by atomic mass is 16.7. The molecule has 6 nitrogen and oxygen atoms in total. The molecule has 1 aliphatic rings. The fourth-order valence-electron chi connectivity index (χ4n) is 1.42. The van der Waals surface area contributed by atoms with E-state index in [0.29, 0.717) is 17.9 Å². The lowest BCUT2D eigenvalue weighted by Crippen LogP contribution is -2.12. The number of ether oxygens (including phenoxy) is 1. The van der Waals surface area contributed by atoms with Crippen LogP contribution in [0.2, 0.25) is 0 Å². The fourth-order valence-corrected chi connectivity index (χ4v) is 1.42. The second-order valence-electron chi connectivity index (χ2n) is 3.55. The van der Waals surface area contributed by atoms with Crippen LogP contribution < -0.4 is 16.0 Å². The van der Waals surface area contributed by atoms with Gasteiger partial charge in [0.1, 0.15) is 17.9 Å². The van der Waals surface area contributed by atoms with E-state index in [-0.39, 0.29) is 12.1 Å². The molecule has 6 heteroatoms. The van der Waals surface area contributed by atoms with Crippen molar-refractivity contribution in [1.29, 1.82) is 0 Å². The third-order valence-corrected chi connectivity index (χ3v) is 2.26. The van der Waals surface area contributed by atoms with E-state index in [9.17, 15) is 9.59 Å². The highest BCUT2D eigenvalue weighted by molar-refractivity contribution is 6.22. The predicted molar refractivity (Wildman–Crippen MR) is 62.1 cm³/mol. The maximum Gasteiger partial charge on any atom is 0.368 e. The fraction of sp³-hybridized carbons (Fsp3) is 0.167. The van der Waals surface area contributed by atoms with Crippen LogP contribution in [0.3, 0.4) is 0 Å². The average molecular weight is 247 g/mol. The lowest BCUT2D eigenvalue weighted by Gasteiger charge is -2.03. The summed E-state index contributed by atoms with van der Waals surface area (Å²) < 4.78 is 5.24. The second-order valence-corrected chi connectivity index (χ2v) is 3.55. The second kappa shape index (κ2) is 5.33. The predicted octanol–water partition coefficient (Wildman–Crippen LogP) is 0.320. The van der Waals surface area contributed by atoms with Gasteiger partial charge in [-0.2, -0.15) is 5.48 Å². The van der Waals surface area contributed by atoms with E-state index in [1.807, 2.05) is 5.48 Å². The maximum atomic E-state index is 11.2. The summed E-state index contributed by atoms with van der Waals surface area (Å²) >= 11 is 0. The summed E-state index contributed by atoms with van der Waals surface area (Å²) in [6.07, 6.45) is 1.44. The van der Waals surface area contributed by atoms with Crippen LogP contribution in [0.4, 0.5) is 0 Å². The standard InChI is InChI=1S/C12H11N2O4/c13-5-6-17-9-3-1-8(2-4-9)7-10-11(15)14-18-12(10)16/h1-4,7,13H,5-6H2,(H,14,15)/b10-7+. The average Bonchev–Trinajstić information content (AvgIpc) is 2.70. The highest BCUT2D eigenvalue weighted by Gasteiger charge is 2.28. The van der Waals surface area contributed by atoms with Crippen molar-refractivity contribution in [1.82, 2.24) is 11.2 Å². The molecule has 0 atom stereocenters. The summed E-state index contributed by atoms with van der Waals surface area (Å²) in [4.78, 5) is 26.8. The zero-order valence-electron chi connectivity index (χ0n) is 9.43. The Hall–Kier alpha value is -2.34. The van der Waals surface area contributed by atoms with E-state index >= 15 is 0 Å². The molecular weight excluding hydrogens is 236 g/mol. The van der Waals surface area contributed by atoms with Crippen LogP contribution in [0.5, 0.6) is 5.75 Å². The zero-order valence-corrected chi connectivity index (χ0v) is 9.43. The lowest BCUT2D eigenvalue weighted by atomic mass is 10.1. The van der Waals surface area contributed by atoms with Gasteiger partial charge in [0.2, 0.25) is 0 Å². The number of nitrogens with one attached hydrogen (secondary N) is 2. The lowest BCUT2D eigenvalue weighted by molar-refractivity contribution is -0.143. The third kappa shape index (κ3) is 2.67. The quantitative estimate of drug-likeness (QED) is 0.613. The van der Waals surface area contributed by atoms with Gasteiger partial charge in [0.05, 0.1) is 0 Å². The van der Waals surface area contributed by atoms with Crippen molar-refractivity contribution in [2.75, 3.05) is 13.2 Å². The molecule has 18 heavy (non-hydrogen) atoms. The van der Waals surface area contributed by atoms with Gasteiger partial charge in [-0.3, -0.25) is 10.5 Å². The van der Waals surface area contributed by atoms with Gasteiger partial charge in [-0.1, -0.05) is 12.1 Å². The molecule has 0 aromatic heterocycles. The SMILES string of the molecule is [NH]CCOc1ccc(/C=C2\C(=O)NOC2=O)cc1. The minimum atomic E-state index is -0.686. The number of hydrogen-bond acceptors (Lipinski definition) is 4. The van der Waals surface area contributed by atoms with Gasteiger partial charge in [0.15, 0.2) is 0 Å². The van der Waals surface area contributed by atoms with Crippen LogP contribution >= 0.6 is 0 Å². The molecule has 1 aromatic rings. The van der Waals surface area contributed by atoms with Crippen molar-refractivity contribution >= 4 is 18.0 Å². The summed E-state index contributed by atoms with van der Waals surface area (Å²) in [5.74, 6) is -0.591. The molecule has 1 aromatic carbocycles. The number of rotatable bonds is 4. The Labute approximate surface area is 103 Å². The normalized spacial score (nSPS) is 16.6. The zero-order chi connectivity index (χ0) is 13.0. The molecule has 2 rings (SSSR count). The van der Waals surface area contributed by atoms with Crippen LogP contribution in [0, 0.1) is 0 Å². The molecular formula is C12H11N2O4. The summed E-state index contributed by atoms with van der Waals surface area (Å²) in [7, 11) is 0. The smallest absolute Gasteiger partial charge is 0.368 e. The number of hydroxylamine groups is 1. The number of amides is 1. The Kier molecular flexibility index (Phi) is 3.59. The molecule has 0 unspecified atom stereocenters. The number of hydrogen-bond donors (Lipinski definition) is 1. The van der Waals surface area contributed by atoms with Gasteiger partial charge >= 0.3 is 5.97 Å². The van der Waals surface area contributed by atoms with Crippen molar-refractivity contribution in [3.8, 4) is 5.75 Å². The molecule has 1 amide bonds. The molecule has 1 saturated heterocycles. The van der Waals surface area contributed by atoms with Crippen molar-refractivity contribution in [2.24, 2.45) is 0 Å². The van der Waals surface area contributed by atoms with E-state index in [1.165, 1.54) is 6.08 Å². The summed E-state index contributed by atoms with van der Waals surface area (Å²) in [5.41, 5.74) is 9.59.